The maximum atomic E-state index is 13.1. The molecule has 0 radical (unpaired) electrons. The van der Waals surface area contributed by atoms with E-state index in [-0.39, 0.29) is 18.6 Å². The minimum atomic E-state index is -0.952. The first-order chi connectivity index (χ1) is 16.0. The van der Waals surface area contributed by atoms with Crippen molar-refractivity contribution in [2.45, 2.75) is 51.2 Å². The molecule has 2 atom stereocenters. The monoisotopic (exact) mass is 455 g/mol. The van der Waals surface area contributed by atoms with Gasteiger partial charge in [0.05, 0.1) is 31.4 Å². The van der Waals surface area contributed by atoms with Crippen molar-refractivity contribution in [1.29, 1.82) is 0 Å². The Morgan fingerprint density at radius 3 is 3.03 bits per heavy atom. The first kappa shape index (κ1) is 23.1. The predicted octanol–water partition coefficient (Wildman–Crippen LogP) is 2.64. The number of rotatable bonds is 10. The molecule has 3 aliphatic rings. The number of carboxylic acid groups (broad SMARTS) is 1. The van der Waals surface area contributed by atoms with Crippen LogP contribution >= 0.6 is 0 Å². The molecule has 4 rings (SSSR count). The molecule has 1 aromatic rings. The van der Waals surface area contributed by atoms with Gasteiger partial charge in [-0.25, -0.2) is 4.79 Å². The van der Waals surface area contributed by atoms with Gasteiger partial charge in [-0.05, 0) is 62.4 Å². The molecule has 0 saturated carbocycles. The summed E-state index contributed by atoms with van der Waals surface area (Å²) < 4.78 is 5.51. The number of ether oxygens (including phenoxy) is 1. The van der Waals surface area contributed by atoms with E-state index in [0.717, 1.165) is 25.8 Å². The zero-order chi connectivity index (χ0) is 23.2. The van der Waals surface area contributed by atoms with E-state index in [9.17, 15) is 14.7 Å². The van der Waals surface area contributed by atoms with E-state index in [4.69, 9.17) is 4.74 Å². The van der Waals surface area contributed by atoms with Crippen LogP contribution in [0, 0.1) is 0 Å². The van der Waals surface area contributed by atoms with Gasteiger partial charge in [0.25, 0.3) is 0 Å². The van der Waals surface area contributed by atoms with Crippen LogP contribution in [-0.4, -0.2) is 70.8 Å². The second-order valence-corrected chi connectivity index (χ2v) is 8.64. The van der Waals surface area contributed by atoms with Crippen LogP contribution in [-0.2, 0) is 4.79 Å². The number of allylic oxidation sites excluding steroid dienone is 3. The molecule has 0 aromatic carbocycles. The van der Waals surface area contributed by atoms with Crippen LogP contribution in [0.25, 0.3) is 0 Å². The molecule has 3 aliphatic heterocycles. The number of amides is 2. The lowest BCUT2D eigenvalue weighted by Crippen LogP contribution is -2.47. The quantitative estimate of drug-likeness (QED) is 0.498. The van der Waals surface area contributed by atoms with E-state index in [2.05, 4.69) is 27.8 Å². The number of dihydropyridines is 1. The lowest BCUT2D eigenvalue weighted by molar-refractivity contribution is -0.138. The van der Waals surface area contributed by atoms with Crippen molar-refractivity contribution in [1.82, 2.24) is 25.4 Å². The average molecular weight is 456 g/mol. The number of fused-ring (bicyclic) bond motifs is 1. The Balaban J connectivity index is 1.35. The fraction of sp³-hybridized carbons (Fsp3) is 0.542. The van der Waals surface area contributed by atoms with Gasteiger partial charge in [-0.15, -0.1) is 0 Å². The van der Waals surface area contributed by atoms with Crippen LogP contribution in [0.4, 0.5) is 4.79 Å². The summed E-state index contributed by atoms with van der Waals surface area (Å²) in [6.07, 6.45) is 11.7. The van der Waals surface area contributed by atoms with Gasteiger partial charge in [0.2, 0.25) is 0 Å². The summed E-state index contributed by atoms with van der Waals surface area (Å²) in [6, 6.07) is 1.09. The normalized spacial score (nSPS) is 21.1. The fourth-order valence-corrected chi connectivity index (χ4v) is 4.73. The summed E-state index contributed by atoms with van der Waals surface area (Å²) in [7, 11) is 0. The van der Waals surface area contributed by atoms with Crippen LogP contribution in [0.2, 0.25) is 0 Å². The SMILES string of the molecule is CCOc1cncc(C(CC(=O)O)N2CCN(CCCC3=CC=C4CCCNC4N3)C2=O)c1. The third kappa shape index (κ3) is 5.65. The Kier molecular flexibility index (Phi) is 7.49. The van der Waals surface area contributed by atoms with Crippen LogP contribution in [0.1, 0.15) is 50.6 Å². The van der Waals surface area contributed by atoms with Gasteiger partial charge in [0.1, 0.15) is 5.75 Å². The molecule has 9 heteroatoms. The number of urea groups is 1. The van der Waals surface area contributed by atoms with Crippen LogP contribution in [0.5, 0.6) is 5.75 Å². The molecule has 9 nitrogen and oxygen atoms in total. The standard InChI is InChI=1S/C24H33N5O4/c1-2-33-20-13-18(15-25-16-20)21(14-22(30)31)29-12-11-28(24(29)32)10-4-6-19-8-7-17-5-3-9-26-23(17)27-19/h7-8,13,15-16,21,23,26-27H,2-6,9-12,14H2,1H3,(H,30,31). The third-order valence-corrected chi connectivity index (χ3v) is 6.37. The molecule has 0 spiro atoms. The Labute approximate surface area is 194 Å². The summed E-state index contributed by atoms with van der Waals surface area (Å²) in [5.74, 6) is -0.376. The highest BCUT2D eigenvalue weighted by Crippen LogP contribution is 2.30. The average Bonchev–Trinajstić information content (AvgIpc) is 3.17. The molecular weight excluding hydrogens is 422 g/mol. The smallest absolute Gasteiger partial charge is 0.320 e. The highest BCUT2D eigenvalue weighted by atomic mass is 16.5. The highest BCUT2D eigenvalue weighted by molar-refractivity contribution is 5.78. The maximum Gasteiger partial charge on any atom is 0.320 e. The highest BCUT2D eigenvalue weighted by Gasteiger charge is 2.35. The number of nitrogens with one attached hydrogen (secondary N) is 2. The number of carbonyl (C=O) groups is 2. The lowest BCUT2D eigenvalue weighted by Gasteiger charge is -2.32. The number of nitrogens with zero attached hydrogens (tertiary/aromatic N) is 3. The molecule has 2 amide bonds. The van der Waals surface area contributed by atoms with Crippen molar-refractivity contribution in [3.05, 3.63) is 47.4 Å². The minimum absolute atomic E-state index is 0.121. The predicted molar refractivity (Wildman–Crippen MR) is 124 cm³/mol. The third-order valence-electron chi connectivity index (χ3n) is 6.37. The van der Waals surface area contributed by atoms with Gasteiger partial charge < -0.3 is 25.0 Å². The molecule has 0 bridgehead atoms. The van der Waals surface area contributed by atoms with Gasteiger partial charge >= 0.3 is 12.0 Å². The van der Waals surface area contributed by atoms with Gasteiger partial charge in [-0.1, -0.05) is 6.08 Å². The number of pyridine rings is 1. The van der Waals surface area contributed by atoms with Crippen molar-refractivity contribution in [2.75, 3.05) is 32.8 Å². The molecule has 33 heavy (non-hydrogen) atoms. The van der Waals surface area contributed by atoms with E-state index in [1.165, 1.54) is 17.7 Å². The summed E-state index contributed by atoms with van der Waals surface area (Å²) in [5, 5.41) is 16.5. The first-order valence-electron chi connectivity index (χ1n) is 11.8. The van der Waals surface area contributed by atoms with Crippen molar-refractivity contribution >= 4 is 12.0 Å². The van der Waals surface area contributed by atoms with E-state index >= 15 is 0 Å². The van der Waals surface area contributed by atoms with E-state index in [0.29, 0.717) is 37.6 Å². The molecule has 2 saturated heterocycles. The number of hydrogen-bond donors (Lipinski definition) is 3. The first-order valence-corrected chi connectivity index (χ1v) is 11.8. The molecule has 0 aliphatic carbocycles. The zero-order valence-electron chi connectivity index (χ0n) is 19.1. The number of carboxylic acids is 1. The van der Waals surface area contributed by atoms with E-state index in [1.807, 2.05) is 11.8 Å². The molecule has 4 heterocycles. The zero-order valence-corrected chi connectivity index (χ0v) is 19.1. The number of piperidine rings is 1. The fourth-order valence-electron chi connectivity index (χ4n) is 4.73. The van der Waals surface area contributed by atoms with Crippen LogP contribution in [0.3, 0.4) is 0 Å². The number of carbonyl (C=O) groups excluding carboxylic acids is 1. The van der Waals surface area contributed by atoms with Crippen molar-refractivity contribution < 1.29 is 19.4 Å². The van der Waals surface area contributed by atoms with Crippen LogP contribution < -0.4 is 15.4 Å². The minimum Gasteiger partial charge on any atom is -0.492 e. The van der Waals surface area contributed by atoms with E-state index in [1.54, 1.807) is 23.4 Å². The van der Waals surface area contributed by atoms with Gasteiger partial charge in [-0.2, -0.15) is 0 Å². The Hall–Kier alpha value is -3.07. The summed E-state index contributed by atoms with van der Waals surface area (Å²) in [6.45, 7) is 5.12. The molecule has 178 valence electrons. The second kappa shape index (κ2) is 10.7. The summed E-state index contributed by atoms with van der Waals surface area (Å²) in [4.78, 5) is 32.4. The van der Waals surface area contributed by atoms with Gasteiger partial charge in [0, 0.05) is 31.5 Å². The van der Waals surface area contributed by atoms with Gasteiger partial charge in [0.15, 0.2) is 0 Å². The van der Waals surface area contributed by atoms with Crippen LogP contribution in [0.15, 0.2) is 41.9 Å². The molecule has 2 fully saturated rings. The number of hydrogen-bond acceptors (Lipinski definition) is 6. The Morgan fingerprint density at radius 2 is 2.21 bits per heavy atom. The molecular formula is C24H33N5O4. The van der Waals surface area contributed by atoms with E-state index < -0.39 is 12.0 Å². The second-order valence-electron chi connectivity index (χ2n) is 8.64. The lowest BCUT2D eigenvalue weighted by atomic mass is 9.99. The Bertz CT molecular complexity index is 931. The van der Waals surface area contributed by atoms with Crippen molar-refractivity contribution in [2.24, 2.45) is 0 Å². The summed E-state index contributed by atoms with van der Waals surface area (Å²) >= 11 is 0. The molecule has 3 N–H and O–H groups in total. The Morgan fingerprint density at radius 1 is 1.33 bits per heavy atom. The topological polar surface area (TPSA) is 107 Å². The molecule has 2 unspecified atom stereocenters. The number of aromatic nitrogens is 1. The summed E-state index contributed by atoms with van der Waals surface area (Å²) in [5.41, 5.74) is 3.27. The maximum absolute atomic E-state index is 13.1. The van der Waals surface area contributed by atoms with Gasteiger partial charge in [-0.3, -0.25) is 15.1 Å². The van der Waals surface area contributed by atoms with Crippen molar-refractivity contribution in [3.63, 3.8) is 0 Å². The van der Waals surface area contributed by atoms with Crippen molar-refractivity contribution in [3.8, 4) is 5.75 Å². The number of aliphatic carboxylic acids is 1. The molecule has 1 aromatic heterocycles. The largest absolute Gasteiger partial charge is 0.492 e.